The number of benzene rings is 5. The Morgan fingerprint density at radius 1 is 0.521 bits per heavy atom. The van der Waals surface area contributed by atoms with Gasteiger partial charge in [0.1, 0.15) is 0 Å². The van der Waals surface area contributed by atoms with Crippen molar-refractivity contribution in [3.63, 3.8) is 0 Å². The van der Waals surface area contributed by atoms with Crippen LogP contribution in [0.25, 0.3) is 21.9 Å². The van der Waals surface area contributed by atoms with Gasteiger partial charge in [0.25, 0.3) is 0 Å². The fourth-order valence-electron chi connectivity index (χ4n) is 9.60. The maximum absolute atomic E-state index is 4.64. The Kier molecular flexibility index (Phi) is 5.71. The van der Waals surface area contributed by atoms with Crippen molar-refractivity contribution in [1.82, 2.24) is 0 Å². The standard InChI is InChI=1S/C47H45N/c1-28-17-16-18-29-23-33-34(44(28,2)3)26-38-42-40(33)37(45(29,4)5)27-39-43(42)41-35(46(38,6)7)24-32(25-36(41)47(39,8)9)48(30-19-12-10-13-20-30)31-21-14-11-15-22-31/h10-22,24-27H,1,23H2,2-9H3/b17-16-,29-18+. The Labute approximate surface area is 286 Å². The zero-order valence-electron chi connectivity index (χ0n) is 29.7. The maximum Gasteiger partial charge on any atom is 0.0468 e. The van der Waals surface area contributed by atoms with Crippen LogP contribution < -0.4 is 4.90 Å². The monoisotopic (exact) mass is 623 g/mol. The molecule has 0 saturated heterocycles. The number of allylic oxidation sites excluding steroid dienone is 5. The lowest BCUT2D eigenvalue weighted by Gasteiger charge is -2.43. The lowest BCUT2D eigenvalue weighted by atomic mass is 9.60. The molecule has 4 aliphatic carbocycles. The largest absolute Gasteiger partial charge is 0.310 e. The van der Waals surface area contributed by atoms with E-state index in [4.69, 9.17) is 0 Å². The molecular formula is C47H45N. The molecule has 2 bridgehead atoms. The first-order valence-electron chi connectivity index (χ1n) is 17.6. The lowest BCUT2D eigenvalue weighted by Crippen LogP contribution is -2.32. The minimum absolute atomic E-state index is 0.0874. The predicted molar refractivity (Wildman–Crippen MR) is 204 cm³/mol. The van der Waals surface area contributed by atoms with Gasteiger partial charge >= 0.3 is 0 Å². The van der Waals surface area contributed by atoms with Crippen molar-refractivity contribution in [3.05, 3.63) is 160 Å². The topological polar surface area (TPSA) is 3.24 Å². The normalized spacial score (nSPS) is 21.2. The summed E-state index contributed by atoms with van der Waals surface area (Å²) in [6.45, 7) is 24.2. The van der Waals surface area contributed by atoms with Gasteiger partial charge in [0.15, 0.2) is 0 Å². The third-order valence-corrected chi connectivity index (χ3v) is 12.8. The van der Waals surface area contributed by atoms with E-state index in [1.54, 1.807) is 0 Å². The number of nitrogens with zero attached hydrogens (tertiary/aromatic N) is 1. The molecule has 1 heteroatoms. The molecule has 0 unspecified atom stereocenters. The summed E-state index contributed by atoms with van der Waals surface area (Å²) >= 11 is 0. The Hall–Kier alpha value is -4.62. The first-order chi connectivity index (χ1) is 22.8. The number of rotatable bonds is 3. The second-order valence-corrected chi connectivity index (χ2v) is 16.7. The first kappa shape index (κ1) is 29.5. The van der Waals surface area contributed by atoms with Crippen molar-refractivity contribution in [3.8, 4) is 11.1 Å². The van der Waals surface area contributed by atoms with E-state index in [0.29, 0.717) is 0 Å². The van der Waals surface area contributed by atoms with Gasteiger partial charge in [-0.15, -0.1) is 0 Å². The van der Waals surface area contributed by atoms with Crippen LogP contribution in [0.4, 0.5) is 17.1 Å². The van der Waals surface area contributed by atoms with Crippen molar-refractivity contribution < 1.29 is 0 Å². The summed E-state index contributed by atoms with van der Waals surface area (Å²) in [5.74, 6) is 0. The molecule has 48 heavy (non-hydrogen) atoms. The average Bonchev–Trinajstić information content (AvgIpc) is 3.30. The molecule has 5 aromatic rings. The van der Waals surface area contributed by atoms with E-state index in [0.717, 1.165) is 12.0 Å². The number of para-hydroxylation sites is 2. The molecular weight excluding hydrogens is 579 g/mol. The van der Waals surface area contributed by atoms with Crippen LogP contribution in [0.15, 0.2) is 121 Å². The highest BCUT2D eigenvalue weighted by Crippen LogP contribution is 2.64. The third kappa shape index (κ3) is 3.58. The summed E-state index contributed by atoms with van der Waals surface area (Å²) in [6, 6.07) is 31.9. The fraction of sp³-hybridized carbons (Fsp3) is 0.277. The van der Waals surface area contributed by atoms with E-state index in [9.17, 15) is 0 Å². The minimum Gasteiger partial charge on any atom is -0.310 e. The van der Waals surface area contributed by atoms with Gasteiger partial charge in [0.2, 0.25) is 0 Å². The second-order valence-electron chi connectivity index (χ2n) is 16.7. The molecule has 0 amide bonds. The molecule has 9 rings (SSSR count). The van der Waals surface area contributed by atoms with E-state index in [-0.39, 0.29) is 21.7 Å². The molecule has 0 atom stereocenters. The average molecular weight is 624 g/mol. The van der Waals surface area contributed by atoms with Crippen LogP contribution in [0.5, 0.6) is 0 Å². The van der Waals surface area contributed by atoms with Gasteiger partial charge in [0, 0.05) is 38.7 Å². The van der Waals surface area contributed by atoms with Gasteiger partial charge in [-0.2, -0.15) is 0 Å². The number of fused-ring (bicyclic) bond motifs is 1. The van der Waals surface area contributed by atoms with Crippen molar-refractivity contribution in [1.29, 1.82) is 0 Å². The highest BCUT2D eigenvalue weighted by molar-refractivity contribution is 6.12. The molecule has 4 aliphatic rings. The highest BCUT2D eigenvalue weighted by atomic mass is 15.1. The van der Waals surface area contributed by atoms with Crippen molar-refractivity contribution in [2.75, 3.05) is 4.90 Å². The van der Waals surface area contributed by atoms with Crippen LogP contribution in [-0.2, 0) is 28.1 Å². The maximum atomic E-state index is 4.64. The van der Waals surface area contributed by atoms with Crippen molar-refractivity contribution in [2.45, 2.75) is 83.5 Å². The van der Waals surface area contributed by atoms with Crippen LogP contribution in [0.3, 0.4) is 0 Å². The van der Waals surface area contributed by atoms with Gasteiger partial charge in [-0.05, 0) is 109 Å². The summed E-state index contributed by atoms with van der Waals surface area (Å²) in [6.07, 6.45) is 7.87. The molecule has 0 radical (unpaired) electrons. The molecule has 1 nitrogen and oxygen atoms in total. The SMILES string of the molecule is C=C1/C=C\C=C2/Cc3c(cc4c5c6c(cc(c35)C2(C)C)C(C)(C)c2cc(N(c3ccccc3)c3ccccc3)cc(c2-6)C4(C)C)C1(C)C. The summed E-state index contributed by atoms with van der Waals surface area (Å²) in [5.41, 5.74) is 18.7. The Morgan fingerprint density at radius 2 is 1.04 bits per heavy atom. The van der Waals surface area contributed by atoms with Crippen molar-refractivity contribution >= 4 is 27.8 Å². The molecule has 0 spiro atoms. The molecule has 0 aliphatic heterocycles. The number of hydrogen-bond acceptors (Lipinski definition) is 1. The van der Waals surface area contributed by atoms with Gasteiger partial charge in [-0.3, -0.25) is 0 Å². The van der Waals surface area contributed by atoms with Crippen LogP contribution >= 0.6 is 0 Å². The van der Waals surface area contributed by atoms with E-state index >= 15 is 0 Å². The first-order valence-corrected chi connectivity index (χ1v) is 17.6. The van der Waals surface area contributed by atoms with Gasteiger partial charge in [-0.25, -0.2) is 0 Å². The van der Waals surface area contributed by atoms with E-state index in [2.05, 4.69) is 170 Å². The molecule has 0 fully saturated rings. The minimum atomic E-state index is -0.219. The quantitative estimate of drug-likeness (QED) is 0.193. The summed E-state index contributed by atoms with van der Waals surface area (Å²) in [4.78, 5) is 2.44. The molecule has 0 saturated carbocycles. The number of hydrogen-bond donors (Lipinski definition) is 0. The summed E-state index contributed by atoms with van der Waals surface area (Å²) in [5, 5.41) is 3.01. The summed E-state index contributed by atoms with van der Waals surface area (Å²) < 4.78 is 0. The fourth-order valence-corrected chi connectivity index (χ4v) is 9.60. The Morgan fingerprint density at radius 3 is 1.65 bits per heavy atom. The Bertz CT molecular complexity index is 2270. The van der Waals surface area contributed by atoms with E-state index < -0.39 is 0 Å². The zero-order valence-corrected chi connectivity index (χ0v) is 29.7. The Balaban J connectivity index is 1.43. The smallest absolute Gasteiger partial charge is 0.0468 e. The van der Waals surface area contributed by atoms with Crippen LogP contribution in [0.1, 0.15) is 94.3 Å². The molecule has 0 aromatic heterocycles. The van der Waals surface area contributed by atoms with Gasteiger partial charge in [-0.1, -0.05) is 134 Å². The lowest BCUT2D eigenvalue weighted by molar-refractivity contribution is 0.582. The molecule has 0 N–H and O–H groups in total. The third-order valence-electron chi connectivity index (χ3n) is 12.8. The molecule has 238 valence electrons. The van der Waals surface area contributed by atoms with E-state index in [1.807, 2.05) is 0 Å². The van der Waals surface area contributed by atoms with Crippen LogP contribution in [0, 0.1) is 0 Å². The summed E-state index contributed by atoms with van der Waals surface area (Å²) in [7, 11) is 0. The van der Waals surface area contributed by atoms with Crippen LogP contribution in [-0.4, -0.2) is 0 Å². The second kappa shape index (κ2) is 9.29. The van der Waals surface area contributed by atoms with E-state index in [1.165, 1.54) is 83.5 Å². The molecule has 5 aromatic carbocycles. The van der Waals surface area contributed by atoms with Crippen molar-refractivity contribution in [2.24, 2.45) is 0 Å². The van der Waals surface area contributed by atoms with Gasteiger partial charge in [0.05, 0.1) is 0 Å². The molecule has 0 heterocycles. The van der Waals surface area contributed by atoms with Gasteiger partial charge < -0.3 is 4.90 Å². The van der Waals surface area contributed by atoms with Crippen LogP contribution in [0.2, 0.25) is 0 Å². The number of anilines is 3. The zero-order chi connectivity index (χ0) is 33.5. The highest BCUT2D eigenvalue weighted by Gasteiger charge is 2.49. The predicted octanol–water partition coefficient (Wildman–Crippen LogP) is 12.4.